The third kappa shape index (κ3) is 5.81. The number of nitrogens with one attached hydrogen (secondary N) is 1. The fourth-order valence-electron chi connectivity index (χ4n) is 2.49. The molecular formula is C20H23NO5. The molecule has 2 N–H and O–H groups in total. The monoisotopic (exact) mass is 357 g/mol. The van der Waals surface area contributed by atoms with Crippen LogP contribution in [-0.4, -0.2) is 36.7 Å². The summed E-state index contributed by atoms with van der Waals surface area (Å²) in [6, 6.07) is 14.0. The van der Waals surface area contributed by atoms with Crippen LogP contribution in [0.2, 0.25) is 0 Å². The van der Waals surface area contributed by atoms with Crippen molar-refractivity contribution in [3.8, 4) is 11.5 Å². The topological polar surface area (TPSA) is 84.9 Å². The van der Waals surface area contributed by atoms with Crippen molar-refractivity contribution in [2.24, 2.45) is 0 Å². The number of carbonyl (C=O) groups excluding carboxylic acids is 1. The smallest absolute Gasteiger partial charge is 0.335 e. The lowest BCUT2D eigenvalue weighted by atomic mass is 10.0. The number of ether oxygens (including phenoxy) is 2. The van der Waals surface area contributed by atoms with Crippen LogP contribution >= 0.6 is 0 Å². The Bertz CT molecular complexity index is 759. The predicted octanol–water partition coefficient (Wildman–Crippen LogP) is 2.91. The van der Waals surface area contributed by atoms with Crippen molar-refractivity contribution in [3.63, 3.8) is 0 Å². The zero-order valence-electron chi connectivity index (χ0n) is 14.9. The minimum absolute atomic E-state index is 0.147. The average Bonchev–Trinajstić information content (AvgIpc) is 2.65. The van der Waals surface area contributed by atoms with Gasteiger partial charge in [-0.1, -0.05) is 24.3 Å². The van der Waals surface area contributed by atoms with Crippen LogP contribution in [0, 0.1) is 0 Å². The van der Waals surface area contributed by atoms with Crippen LogP contribution in [0.5, 0.6) is 11.5 Å². The molecule has 2 aromatic carbocycles. The fourth-order valence-corrected chi connectivity index (χ4v) is 2.49. The molecule has 2 rings (SSSR count). The van der Waals surface area contributed by atoms with Gasteiger partial charge in [-0.15, -0.1) is 0 Å². The molecule has 0 saturated carbocycles. The normalized spacial score (nSPS) is 11.5. The maximum atomic E-state index is 12.0. The van der Waals surface area contributed by atoms with Crippen molar-refractivity contribution >= 4 is 11.9 Å². The number of rotatable bonds is 9. The molecule has 0 saturated heterocycles. The lowest BCUT2D eigenvalue weighted by Crippen LogP contribution is -2.33. The highest BCUT2D eigenvalue weighted by Crippen LogP contribution is 2.19. The van der Waals surface area contributed by atoms with Gasteiger partial charge in [0.1, 0.15) is 17.6 Å². The van der Waals surface area contributed by atoms with Crippen molar-refractivity contribution in [3.05, 3.63) is 59.7 Å². The van der Waals surface area contributed by atoms with Gasteiger partial charge in [-0.25, -0.2) is 4.79 Å². The van der Waals surface area contributed by atoms with E-state index in [1.807, 2.05) is 25.1 Å². The number of carboxylic acid groups (broad SMARTS) is 1. The lowest BCUT2D eigenvalue weighted by molar-refractivity contribution is -0.121. The highest BCUT2D eigenvalue weighted by molar-refractivity contribution is 5.89. The quantitative estimate of drug-likeness (QED) is 0.721. The highest BCUT2D eigenvalue weighted by Gasteiger charge is 2.12. The van der Waals surface area contributed by atoms with E-state index in [4.69, 9.17) is 14.6 Å². The molecule has 0 spiro atoms. The van der Waals surface area contributed by atoms with Crippen LogP contribution in [0.15, 0.2) is 48.5 Å². The number of carboxylic acids is 1. The van der Waals surface area contributed by atoms with Crippen molar-refractivity contribution in [1.29, 1.82) is 0 Å². The highest BCUT2D eigenvalue weighted by atomic mass is 16.5. The van der Waals surface area contributed by atoms with E-state index in [-0.39, 0.29) is 24.0 Å². The van der Waals surface area contributed by atoms with Crippen LogP contribution in [0.3, 0.4) is 0 Å². The molecule has 26 heavy (non-hydrogen) atoms. The van der Waals surface area contributed by atoms with Gasteiger partial charge in [0.05, 0.1) is 19.2 Å². The molecule has 6 nitrogen and oxygen atoms in total. The molecule has 0 fully saturated rings. The second-order valence-corrected chi connectivity index (χ2v) is 5.87. The Morgan fingerprint density at radius 3 is 2.58 bits per heavy atom. The number of amides is 1. The molecule has 0 aromatic heterocycles. The molecule has 1 amide bonds. The summed E-state index contributed by atoms with van der Waals surface area (Å²) in [5, 5.41) is 12.0. The minimum Gasteiger partial charge on any atom is -0.497 e. The summed E-state index contributed by atoms with van der Waals surface area (Å²) < 4.78 is 10.9. The maximum absolute atomic E-state index is 12.0. The Labute approximate surface area is 152 Å². The van der Waals surface area contributed by atoms with Gasteiger partial charge in [-0.05, 0) is 37.1 Å². The van der Waals surface area contributed by atoms with Crippen LogP contribution in [0.4, 0.5) is 0 Å². The Morgan fingerprint density at radius 1 is 1.12 bits per heavy atom. The summed E-state index contributed by atoms with van der Waals surface area (Å²) in [6.07, 6.45) is 0.382. The summed E-state index contributed by atoms with van der Waals surface area (Å²) in [5.41, 5.74) is 0.880. The zero-order chi connectivity index (χ0) is 18.9. The number of methoxy groups -OCH3 is 1. The number of aryl methyl sites for hydroxylation is 1. The Hall–Kier alpha value is -3.02. The van der Waals surface area contributed by atoms with Crippen molar-refractivity contribution in [2.75, 3.05) is 13.7 Å². The minimum atomic E-state index is -0.985. The Balaban J connectivity index is 1.78. The summed E-state index contributed by atoms with van der Waals surface area (Å²) in [5.74, 6) is 0.241. The molecule has 1 atom stereocenters. The van der Waals surface area contributed by atoms with E-state index in [0.717, 1.165) is 0 Å². The van der Waals surface area contributed by atoms with E-state index in [0.29, 0.717) is 30.0 Å². The molecule has 0 aliphatic heterocycles. The zero-order valence-corrected chi connectivity index (χ0v) is 14.9. The Kier molecular flexibility index (Phi) is 7.02. The molecular weight excluding hydrogens is 334 g/mol. The van der Waals surface area contributed by atoms with Gasteiger partial charge in [-0.2, -0.15) is 0 Å². The summed E-state index contributed by atoms with van der Waals surface area (Å²) in [6.45, 7) is 2.22. The van der Waals surface area contributed by atoms with Crippen LogP contribution in [-0.2, 0) is 11.2 Å². The van der Waals surface area contributed by atoms with Gasteiger partial charge in [0.25, 0.3) is 0 Å². The van der Waals surface area contributed by atoms with E-state index in [2.05, 4.69) is 5.32 Å². The first-order valence-electron chi connectivity index (χ1n) is 8.38. The summed E-state index contributed by atoms with van der Waals surface area (Å²) in [4.78, 5) is 23.2. The second kappa shape index (κ2) is 9.46. The molecule has 6 heteroatoms. The molecule has 0 aliphatic rings. The van der Waals surface area contributed by atoms with E-state index in [9.17, 15) is 9.59 Å². The van der Waals surface area contributed by atoms with E-state index < -0.39 is 5.97 Å². The van der Waals surface area contributed by atoms with Crippen LogP contribution < -0.4 is 14.8 Å². The molecule has 2 aromatic rings. The van der Waals surface area contributed by atoms with E-state index in [1.54, 1.807) is 37.4 Å². The van der Waals surface area contributed by atoms with Gasteiger partial charge in [0, 0.05) is 12.5 Å². The molecule has 138 valence electrons. The van der Waals surface area contributed by atoms with Crippen molar-refractivity contribution in [1.82, 2.24) is 5.32 Å². The number of hydrogen-bond donors (Lipinski definition) is 2. The fraction of sp³-hybridized carbons (Fsp3) is 0.300. The van der Waals surface area contributed by atoms with E-state index in [1.165, 1.54) is 0 Å². The standard InChI is InChI=1S/C20H23NO5/c1-14(26-17-8-5-7-16(12-17)25-2)13-21-19(22)11-10-15-6-3-4-9-18(15)20(23)24/h3-9,12,14H,10-11,13H2,1-2H3,(H,21,22)(H,23,24). The largest absolute Gasteiger partial charge is 0.497 e. The van der Waals surface area contributed by atoms with Gasteiger partial charge in [0.15, 0.2) is 0 Å². The molecule has 0 aliphatic carbocycles. The van der Waals surface area contributed by atoms with Gasteiger partial charge < -0.3 is 19.9 Å². The third-order valence-electron chi connectivity index (χ3n) is 3.83. The number of aromatic carboxylic acids is 1. The number of carbonyl (C=O) groups is 2. The molecule has 0 heterocycles. The lowest BCUT2D eigenvalue weighted by Gasteiger charge is -2.16. The van der Waals surface area contributed by atoms with E-state index >= 15 is 0 Å². The van der Waals surface area contributed by atoms with Crippen molar-refractivity contribution < 1.29 is 24.2 Å². The summed E-state index contributed by atoms with van der Waals surface area (Å²) >= 11 is 0. The first-order chi connectivity index (χ1) is 12.5. The van der Waals surface area contributed by atoms with Gasteiger partial charge >= 0.3 is 5.97 Å². The first-order valence-corrected chi connectivity index (χ1v) is 8.38. The molecule has 0 radical (unpaired) electrons. The average molecular weight is 357 g/mol. The first kappa shape index (κ1) is 19.3. The number of hydrogen-bond acceptors (Lipinski definition) is 4. The van der Waals surface area contributed by atoms with Gasteiger partial charge in [0.2, 0.25) is 5.91 Å². The second-order valence-electron chi connectivity index (χ2n) is 5.87. The molecule has 1 unspecified atom stereocenters. The SMILES string of the molecule is COc1cccc(OC(C)CNC(=O)CCc2ccccc2C(=O)O)c1. The molecule has 0 bridgehead atoms. The summed E-state index contributed by atoms with van der Waals surface area (Å²) in [7, 11) is 1.59. The third-order valence-corrected chi connectivity index (χ3v) is 3.83. The van der Waals surface area contributed by atoms with Crippen LogP contribution in [0.25, 0.3) is 0 Å². The van der Waals surface area contributed by atoms with Crippen molar-refractivity contribution in [2.45, 2.75) is 25.9 Å². The van der Waals surface area contributed by atoms with Gasteiger partial charge in [-0.3, -0.25) is 4.79 Å². The predicted molar refractivity (Wildman–Crippen MR) is 97.8 cm³/mol. The number of benzene rings is 2. The van der Waals surface area contributed by atoms with Crippen LogP contribution in [0.1, 0.15) is 29.3 Å². The maximum Gasteiger partial charge on any atom is 0.335 e. The Morgan fingerprint density at radius 2 is 1.85 bits per heavy atom.